The van der Waals surface area contributed by atoms with Crippen LogP contribution in [0.1, 0.15) is 12.8 Å². The Morgan fingerprint density at radius 1 is 1.45 bits per heavy atom. The number of aromatic nitrogens is 4. The summed E-state index contributed by atoms with van der Waals surface area (Å²) in [4.78, 5) is 29.1. The highest BCUT2D eigenvalue weighted by atomic mass is 16.2. The highest BCUT2D eigenvalue weighted by Crippen LogP contribution is 2.21. The molecule has 1 fully saturated rings. The lowest BCUT2D eigenvalue weighted by Crippen LogP contribution is -2.43. The quantitative estimate of drug-likeness (QED) is 0.751. The van der Waals surface area contributed by atoms with Crippen LogP contribution in [0.25, 0.3) is 11.2 Å². The van der Waals surface area contributed by atoms with Crippen molar-refractivity contribution in [2.45, 2.75) is 18.9 Å². The molecule has 0 spiro atoms. The van der Waals surface area contributed by atoms with Gasteiger partial charge in [-0.3, -0.25) is 4.79 Å². The molecule has 1 saturated heterocycles. The maximum Gasteiger partial charge on any atom is 0.226 e. The largest absolute Gasteiger partial charge is 0.364 e. The van der Waals surface area contributed by atoms with Crippen LogP contribution in [0.15, 0.2) is 6.33 Å². The van der Waals surface area contributed by atoms with E-state index in [4.69, 9.17) is 0 Å². The number of hydrogen-bond acceptors (Lipinski definition) is 6. The molecule has 0 aliphatic carbocycles. The van der Waals surface area contributed by atoms with E-state index in [1.54, 1.807) is 18.3 Å². The van der Waals surface area contributed by atoms with Crippen molar-refractivity contribution < 1.29 is 4.79 Å². The van der Waals surface area contributed by atoms with Gasteiger partial charge in [0.25, 0.3) is 0 Å². The Kier molecular flexibility index (Phi) is 3.13. The number of nitrogens with one attached hydrogen (secondary N) is 3. The van der Waals surface area contributed by atoms with E-state index in [-0.39, 0.29) is 11.9 Å². The number of piperidine rings is 1. The number of aromatic amines is 1. The van der Waals surface area contributed by atoms with Crippen LogP contribution in [-0.4, -0.2) is 57.4 Å². The van der Waals surface area contributed by atoms with Crippen LogP contribution in [0.4, 0.5) is 11.8 Å². The molecule has 1 aliphatic heterocycles. The minimum atomic E-state index is 0.184. The van der Waals surface area contributed by atoms with Gasteiger partial charge >= 0.3 is 0 Å². The molecule has 1 aliphatic rings. The number of anilines is 2. The summed E-state index contributed by atoms with van der Waals surface area (Å²) in [5.74, 6) is 1.42. The molecule has 1 amide bonds. The van der Waals surface area contributed by atoms with E-state index in [0.717, 1.165) is 11.9 Å². The zero-order valence-corrected chi connectivity index (χ0v) is 11.5. The monoisotopic (exact) mass is 275 g/mol. The lowest BCUT2D eigenvalue weighted by atomic mass is 10.1. The van der Waals surface area contributed by atoms with E-state index in [2.05, 4.69) is 30.6 Å². The maximum absolute atomic E-state index is 11.5. The first-order valence-corrected chi connectivity index (χ1v) is 6.56. The van der Waals surface area contributed by atoms with Gasteiger partial charge in [0.05, 0.1) is 6.33 Å². The first kappa shape index (κ1) is 12.6. The predicted octanol–water partition coefficient (Wildman–Crippen LogP) is 0.427. The molecule has 8 nitrogen and oxygen atoms in total. The third-order valence-electron chi connectivity index (χ3n) is 3.48. The highest BCUT2D eigenvalue weighted by Gasteiger charge is 2.24. The van der Waals surface area contributed by atoms with Crippen LogP contribution in [-0.2, 0) is 4.79 Å². The van der Waals surface area contributed by atoms with Crippen LogP contribution in [0.5, 0.6) is 0 Å². The number of nitrogens with zero attached hydrogens (tertiary/aromatic N) is 4. The van der Waals surface area contributed by atoms with Crippen molar-refractivity contribution in [1.29, 1.82) is 0 Å². The van der Waals surface area contributed by atoms with Crippen LogP contribution < -0.4 is 10.6 Å². The van der Waals surface area contributed by atoms with Gasteiger partial charge < -0.3 is 20.5 Å². The number of hydrogen-bond donors (Lipinski definition) is 3. The minimum Gasteiger partial charge on any atom is -0.364 e. The van der Waals surface area contributed by atoms with Crippen LogP contribution in [0.3, 0.4) is 0 Å². The van der Waals surface area contributed by atoms with Crippen LogP contribution in [0.2, 0.25) is 0 Å². The molecule has 0 radical (unpaired) electrons. The molecule has 2 aromatic rings. The molecule has 1 unspecified atom stereocenters. The summed E-state index contributed by atoms with van der Waals surface area (Å²) in [7, 11) is 3.59. The van der Waals surface area contributed by atoms with Gasteiger partial charge in [0, 0.05) is 33.1 Å². The van der Waals surface area contributed by atoms with Crippen molar-refractivity contribution in [1.82, 2.24) is 24.8 Å². The number of likely N-dealkylation sites (tertiary alicyclic amines) is 1. The number of fused-ring (bicyclic) bond motifs is 1. The summed E-state index contributed by atoms with van der Waals surface area (Å²) in [5, 5.41) is 6.30. The Labute approximate surface area is 116 Å². The highest BCUT2D eigenvalue weighted by molar-refractivity contribution is 5.84. The Balaban J connectivity index is 1.86. The number of amides is 1. The molecule has 3 rings (SSSR count). The molecule has 0 aromatic carbocycles. The number of carbonyl (C=O) groups is 1. The molecule has 0 bridgehead atoms. The van der Waals surface area contributed by atoms with Gasteiger partial charge in [-0.05, 0) is 6.42 Å². The number of H-pyrrole nitrogens is 1. The van der Waals surface area contributed by atoms with Crippen molar-refractivity contribution >= 4 is 28.8 Å². The molecule has 2 aromatic heterocycles. The van der Waals surface area contributed by atoms with Gasteiger partial charge in [-0.25, -0.2) is 4.98 Å². The number of carbonyl (C=O) groups excluding carboxylic acids is 1. The Morgan fingerprint density at radius 3 is 3.05 bits per heavy atom. The van der Waals surface area contributed by atoms with Crippen molar-refractivity contribution in [2.75, 3.05) is 31.3 Å². The fourth-order valence-corrected chi connectivity index (χ4v) is 2.37. The third-order valence-corrected chi connectivity index (χ3v) is 3.48. The van der Waals surface area contributed by atoms with Gasteiger partial charge in [0.2, 0.25) is 11.9 Å². The Morgan fingerprint density at radius 2 is 2.30 bits per heavy atom. The van der Waals surface area contributed by atoms with Gasteiger partial charge in [0.15, 0.2) is 11.5 Å². The summed E-state index contributed by atoms with van der Waals surface area (Å²) < 4.78 is 0. The van der Waals surface area contributed by atoms with Crippen molar-refractivity contribution in [3.8, 4) is 0 Å². The lowest BCUT2D eigenvalue weighted by molar-refractivity contribution is -0.132. The maximum atomic E-state index is 11.5. The zero-order valence-electron chi connectivity index (χ0n) is 11.5. The molecule has 3 N–H and O–H groups in total. The minimum absolute atomic E-state index is 0.184. The molecule has 3 heterocycles. The van der Waals surface area contributed by atoms with E-state index in [0.29, 0.717) is 30.4 Å². The van der Waals surface area contributed by atoms with E-state index >= 15 is 0 Å². The molecular formula is C12H17N7O. The van der Waals surface area contributed by atoms with Crippen molar-refractivity contribution in [3.05, 3.63) is 6.33 Å². The average molecular weight is 275 g/mol. The number of likely N-dealkylation sites (N-methyl/N-ethyl adjacent to an activating group) is 1. The fraction of sp³-hybridized carbons (Fsp3) is 0.500. The topological polar surface area (TPSA) is 98.8 Å². The molecule has 106 valence electrons. The second-order valence-corrected chi connectivity index (χ2v) is 4.90. The Hall–Kier alpha value is -2.38. The van der Waals surface area contributed by atoms with Crippen molar-refractivity contribution in [3.63, 3.8) is 0 Å². The smallest absolute Gasteiger partial charge is 0.226 e. The summed E-state index contributed by atoms with van der Waals surface area (Å²) in [6.45, 7) is 0.674. The average Bonchev–Trinajstić information content (AvgIpc) is 2.91. The van der Waals surface area contributed by atoms with Gasteiger partial charge in [-0.1, -0.05) is 0 Å². The van der Waals surface area contributed by atoms with Gasteiger partial charge in [-0.2, -0.15) is 9.97 Å². The molecular weight excluding hydrogens is 258 g/mol. The summed E-state index contributed by atoms with van der Waals surface area (Å²) in [5.41, 5.74) is 1.40. The van der Waals surface area contributed by atoms with E-state index in [1.807, 2.05) is 7.05 Å². The normalized spacial score (nSPS) is 19.4. The SMILES string of the molecule is CNc1nc(NC2CCC(=O)N(C)C2)c2[nH]cnc2n1. The molecule has 1 atom stereocenters. The molecule has 8 heteroatoms. The summed E-state index contributed by atoms with van der Waals surface area (Å²) >= 11 is 0. The molecule has 0 saturated carbocycles. The van der Waals surface area contributed by atoms with Gasteiger partial charge in [-0.15, -0.1) is 0 Å². The zero-order chi connectivity index (χ0) is 14.1. The van der Waals surface area contributed by atoms with E-state index in [1.165, 1.54) is 0 Å². The third kappa shape index (κ3) is 2.24. The van der Waals surface area contributed by atoms with E-state index in [9.17, 15) is 4.79 Å². The first-order chi connectivity index (χ1) is 9.67. The number of imidazole rings is 1. The van der Waals surface area contributed by atoms with Gasteiger partial charge in [0.1, 0.15) is 5.52 Å². The fourth-order valence-electron chi connectivity index (χ4n) is 2.37. The second kappa shape index (κ2) is 4.95. The van der Waals surface area contributed by atoms with Crippen LogP contribution >= 0.6 is 0 Å². The van der Waals surface area contributed by atoms with Crippen molar-refractivity contribution in [2.24, 2.45) is 0 Å². The predicted molar refractivity (Wildman–Crippen MR) is 75.5 cm³/mol. The summed E-state index contributed by atoms with van der Waals surface area (Å²) in [6.07, 6.45) is 2.96. The van der Waals surface area contributed by atoms with E-state index < -0.39 is 0 Å². The second-order valence-electron chi connectivity index (χ2n) is 4.90. The molecule has 20 heavy (non-hydrogen) atoms. The number of rotatable bonds is 3. The Bertz CT molecular complexity index is 638. The van der Waals surface area contributed by atoms with Crippen LogP contribution in [0, 0.1) is 0 Å². The first-order valence-electron chi connectivity index (χ1n) is 6.56. The lowest BCUT2D eigenvalue weighted by Gasteiger charge is -2.30. The summed E-state index contributed by atoms with van der Waals surface area (Å²) in [6, 6.07) is 0.184. The standard InChI is InChI=1S/C12H17N7O/c1-13-12-17-10-9(14-6-15-10)11(18-12)16-7-3-4-8(20)19(2)5-7/h6-7H,3-5H2,1-2H3,(H3,13,14,15,16,17,18).